The maximum absolute atomic E-state index is 5.41. The summed E-state index contributed by atoms with van der Waals surface area (Å²) in [6.45, 7) is 9.54. The van der Waals surface area contributed by atoms with E-state index in [2.05, 4.69) is 54.4 Å². The molecule has 2 rings (SSSR count). The van der Waals surface area contributed by atoms with Crippen LogP contribution in [0, 0.1) is 0 Å². The molecule has 3 heteroatoms. The molecule has 0 saturated carbocycles. The van der Waals surface area contributed by atoms with E-state index in [4.69, 9.17) is 4.74 Å². The molecular weight excluding hydrogens is 248 g/mol. The zero-order valence-electron chi connectivity index (χ0n) is 12.8. The Bertz CT molecular complexity index is 363. The van der Waals surface area contributed by atoms with Gasteiger partial charge in [-0.05, 0) is 18.9 Å². The van der Waals surface area contributed by atoms with Crippen molar-refractivity contribution in [3.8, 4) is 0 Å². The van der Waals surface area contributed by atoms with Crippen molar-refractivity contribution in [1.29, 1.82) is 0 Å². The summed E-state index contributed by atoms with van der Waals surface area (Å²) in [6, 6.07) is 11.8. The normalized spacial score (nSPS) is 19.7. The van der Waals surface area contributed by atoms with Gasteiger partial charge in [0.2, 0.25) is 0 Å². The fraction of sp³-hybridized carbons (Fsp3) is 0.647. The highest BCUT2D eigenvalue weighted by Crippen LogP contribution is 2.19. The van der Waals surface area contributed by atoms with Gasteiger partial charge < -0.3 is 10.1 Å². The Morgan fingerprint density at radius 3 is 2.55 bits per heavy atom. The molecular formula is C17H28N2O. The molecule has 1 aliphatic rings. The fourth-order valence-electron chi connectivity index (χ4n) is 2.89. The van der Waals surface area contributed by atoms with Crippen molar-refractivity contribution in [2.24, 2.45) is 0 Å². The molecule has 3 nitrogen and oxygen atoms in total. The standard InChI is InChI=1S/C17H28N2O/c1-3-7-17(16-8-5-4-6-9-16)18-15(2)14-19-10-12-20-13-11-19/h4-6,8-9,15,17-18H,3,7,10-14H2,1-2H3. The minimum atomic E-state index is 0.470. The lowest BCUT2D eigenvalue weighted by atomic mass is 10.0. The molecule has 1 saturated heterocycles. The van der Waals surface area contributed by atoms with E-state index in [0.29, 0.717) is 12.1 Å². The minimum Gasteiger partial charge on any atom is -0.379 e. The second-order valence-corrected chi connectivity index (χ2v) is 5.73. The summed E-state index contributed by atoms with van der Waals surface area (Å²) in [7, 11) is 0. The van der Waals surface area contributed by atoms with Crippen LogP contribution in [0.5, 0.6) is 0 Å². The van der Waals surface area contributed by atoms with Crippen molar-refractivity contribution in [3.63, 3.8) is 0 Å². The van der Waals surface area contributed by atoms with Crippen molar-refractivity contribution in [1.82, 2.24) is 10.2 Å². The van der Waals surface area contributed by atoms with Gasteiger partial charge in [0.1, 0.15) is 0 Å². The number of ether oxygens (including phenoxy) is 1. The van der Waals surface area contributed by atoms with Crippen LogP contribution in [0.25, 0.3) is 0 Å². The predicted molar refractivity (Wildman–Crippen MR) is 83.9 cm³/mol. The second kappa shape index (κ2) is 8.40. The molecule has 0 aliphatic carbocycles. The lowest BCUT2D eigenvalue weighted by Gasteiger charge is -2.31. The minimum absolute atomic E-state index is 0.470. The zero-order chi connectivity index (χ0) is 14.2. The highest BCUT2D eigenvalue weighted by molar-refractivity contribution is 5.18. The van der Waals surface area contributed by atoms with Gasteiger partial charge in [-0.2, -0.15) is 0 Å². The number of hydrogen-bond donors (Lipinski definition) is 1. The summed E-state index contributed by atoms with van der Waals surface area (Å²) < 4.78 is 5.41. The van der Waals surface area contributed by atoms with Crippen LogP contribution in [0.1, 0.15) is 38.3 Å². The Balaban J connectivity index is 1.87. The van der Waals surface area contributed by atoms with Crippen LogP contribution in [-0.4, -0.2) is 43.8 Å². The summed E-state index contributed by atoms with van der Waals surface area (Å²) in [6.07, 6.45) is 2.40. The molecule has 1 N–H and O–H groups in total. The van der Waals surface area contributed by atoms with Crippen LogP contribution >= 0.6 is 0 Å². The van der Waals surface area contributed by atoms with Crippen LogP contribution in [-0.2, 0) is 4.74 Å². The first-order valence-electron chi connectivity index (χ1n) is 7.90. The summed E-state index contributed by atoms with van der Waals surface area (Å²) in [5, 5.41) is 3.80. The van der Waals surface area contributed by atoms with E-state index in [1.807, 2.05) is 0 Å². The monoisotopic (exact) mass is 276 g/mol. The van der Waals surface area contributed by atoms with Crippen LogP contribution in [0.4, 0.5) is 0 Å². The largest absolute Gasteiger partial charge is 0.379 e. The number of hydrogen-bond acceptors (Lipinski definition) is 3. The van der Waals surface area contributed by atoms with E-state index in [1.54, 1.807) is 0 Å². The first-order chi connectivity index (χ1) is 9.79. The lowest BCUT2D eigenvalue weighted by Crippen LogP contribution is -2.45. The summed E-state index contributed by atoms with van der Waals surface area (Å²) >= 11 is 0. The number of morpholine rings is 1. The Morgan fingerprint density at radius 1 is 1.20 bits per heavy atom. The topological polar surface area (TPSA) is 24.5 Å². The van der Waals surface area contributed by atoms with E-state index >= 15 is 0 Å². The number of nitrogens with one attached hydrogen (secondary N) is 1. The van der Waals surface area contributed by atoms with Gasteiger partial charge in [0.25, 0.3) is 0 Å². The maximum Gasteiger partial charge on any atom is 0.0594 e. The predicted octanol–water partition coefficient (Wildman–Crippen LogP) is 2.84. The Labute approximate surface area is 123 Å². The molecule has 1 aliphatic heterocycles. The zero-order valence-corrected chi connectivity index (χ0v) is 12.8. The van der Waals surface area contributed by atoms with E-state index in [0.717, 1.165) is 32.8 Å². The molecule has 0 radical (unpaired) electrons. The van der Waals surface area contributed by atoms with Gasteiger partial charge in [-0.1, -0.05) is 43.7 Å². The molecule has 1 aromatic carbocycles. The SMILES string of the molecule is CCCC(NC(C)CN1CCOCC1)c1ccccc1. The van der Waals surface area contributed by atoms with Crippen molar-refractivity contribution < 1.29 is 4.74 Å². The number of benzene rings is 1. The third-order valence-corrected chi connectivity index (χ3v) is 3.90. The van der Waals surface area contributed by atoms with E-state index in [1.165, 1.54) is 18.4 Å². The highest BCUT2D eigenvalue weighted by atomic mass is 16.5. The molecule has 0 amide bonds. The van der Waals surface area contributed by atoms with Crippen LogP contribution in [0.2, 0.25) is 0 Å². The van der Waals surface area contributed by atoms with Crippen molar-refractivity contribution in [3.05, 3.63) is 35.9 Å². The molecule has 2 atom stereocenters. The van der Waals surface area contributed by atoms with E-state index < -0.39 is 0 Å². The smallest absolute Gasteiger partial charge is 0.0594 e. The van der Waals surface area contributed by atoms with Gasteiger partial charge in [0, 0.05) is 31.7 Å². The summed E-state index contributed by atoms with van der Waals surface area (Å²) in [4.78, 5) is 2.50. The fourth-order valence-corrected chi connectivity index (χ4v) is 2.89. The van der Waals surface area contributed by atoms with Gasteiger partial charge >= 0.3 is 0 Å². The quantitative estimate of drug-likeness (QED) is 0.829. The third-order valence-electron chi connectivity index (χ3n) is 3.90. The lowest BCUT2D eigenvalue weighted by molar-refractivity contribution is 0.0337. The average molecular weight is 276 g/mol. The number of rotatable bonds is 7. The molecule has 112 valence electrons. The van der Waals surface area contributed by atoms with Crippen molar-refractivity contribution >= 4 is 0 Å². The summed E-state index contributed by atoms with van der Waals surface area (Å²) in [5.74, 6) is 0. The molecule has 20 heavy (non-hydrogen) atoms. The van der Waals surface area contributed by atoms with Gasteiger partial charge in [0.05, 0.1) is 13.2 Å². The van der Waals surface area contributed by atoms with Gasteiger partial charge in [0.15, 0.2) is 0 Å². The first-order valence-corrected chi connectivity index (χ1v) is 7.90. The molecule has 0 spiro atoms. The van der Waals surface area contributed by atoms with Crippen LogP contribution in [0.15, 0.2) is 30.3 Å². The Kier molecular flexibility index (Phi) is 6.51. The summed E-state index contributed by atoms with van der Waals surface area (Å²) in [5.41, 5.74) is 1.41. The Hall–Kier alpha value is -0.900. The van der Waals surface area contributed by atoms with Crippen LogP contribution < -0.4 is 5.32 Å². The maximum atomic E-state index is 5.41. The van der Waals surface area contributed by atoms with Crippen LogP contribution in [0.3, 0.4) is 0 Å². The molecule has 0 aromatic heterocycles. The molecule has 2 unspecified atom stereocenters. The van der Waals surface area contributed by atoms with E-state index in [9.17, 15) is 0 Å². The van der Waals surface area contributed by atoms with Gasteiger partial charge in [-0.15, -0.1) is 0 Å². The van der Waals surface area contributed by atoms with Crippen molar-refractivity contribution in [2.45, 2.75) is 38.8 Å². The highest BCUT2D eigenvalue weighted by Gasteiger charge is 2.17. The first kappa shape index (κ1) is 15.5. The molecule has 1 fully saturated rings. The second-order valence-electron chi connectivity index (χ2n) is 5.73. The van der Waals surface area contributed by atoms with E-state index in [-0.39, 0.29) is 0 Å². The molecule has 1 heterocycles. The van der Waals surface area contributed by atoms with Crippen molar-refractivity contribution in [2.75, 3.05) is 32.8 Å². The third kappa shape index (κ3) is 4.89. The molecule has 0 bridgehead atoms. The van der Waals surface area contributed by atoms with Gasteiger partial charge in [-0.25, -0.2) is 0 Å². The molecule has 1 aromatic rings. The Morgan fingerprint density at radius 2 is 1.90 bits per heavy atom. The van der Waals surface area contributed by atoms with Gasteiger partial charge in [-0.3, -0.25) is 4.90 Å². The average Bonchev–Trinajstić information content (AvgIpc) is 2.49. The number of nitrogens with zero attached hydrogens (tertiary/aromatic N) is 1.